The summed E-state index contributed by atoms with van der Waals surface area (Å²) in [6, 6.07) is 0. The van der Waals surface area contributed by atoms with Crippen LogP contribution in [0.3, 0.4) is 0 Å². The molecule has 3 N–H and O–H groups in total. The van der Waals surface area contributed by atoms with Crippen molar-refractivity contribution < 1.29 is 19.7 Å². The number of aliphatic hydroxyl groups is 2. The average molecular weight is 234 g/mol. The van der Waals surface area contributed by atoms with Crippen LogP contribution in [0, 0.1) is 0 Å². The van der Waals surface area contributed by atoms with E-state index in [1.807, 2.05) is 11.9 Å². The first kappa shape index (κ1) is 15.3. The van der Waals surface area contributed by atoms with Crippen molar-refractivity contribution >= 4 is 5.91 Å². The van der Waals surface area contributed by atoms with Crippen LogP contribution in [0.5, 0.6) is 0 Å². The molecule has 0 unspecified atom stereocenters. The van der Waals surface area contributed by atoms with Gasteiger partial charge < -0.3 is 25.2 Å². The first-order valence-electron chi connectivity index (χ1n) is 5.45. The van der Waals surface area contributed by atoms with Crippen molar-refractivity contribution in [2.75, 3.05) is 53.1 Å². The van der Waals surface area contributed by atoms with Crippen molar-refractivity contribution in [3.63, 3.8) is 0 Å². The SMILES string of the molecule is CN(CCO)CCNC(=O)COCCCO. The molecule has 16 heavy (non-hydrogen) atoms. The maximum absolute atomic E-state index is 11.2. The van der Waals surface area contributed by atoms with Gasteiger partial charge in [-0.2, -0.15) is 0 Å². The Balaban J connectivity index is 3.29. The van der Waals surface area contributed by atoms with E-state index in [4.69, 9.17) is 14.9 Å². The minimum absolute atomic E-state index is 0.0315. The molecule has 0 spiro atoms. The summed E-state index contributed by atoms with van der Waals surface area (Å²) in [5.41, 5.74) is 0. The van der Waals surface area contributed by atoms with E-state index in [1.165, 1.54) is 0 Å². The van der Waals surface area contributed by atoms with Crippen molar-refractivity contribution in [2.45, 2.75) is 6.42 Å². The largest absolute Gasteiger partial charge is 0.396 e. The summed E-state index contributed by atoms with van der Waals surface area (Å²) < 4.78 is 5.02. The topological polar surface area (TPSA) is 82.0 Å². The molecule has 0 aliphatic carbocycles. The van der Waals surface area contributed by atoms with Crippen molar-refractivity contribution in [3.8, 4) is 0 Å². The quantitative estimate of drug-likeness (QED) is 0.398. The zero-order valence-corrected chi connectivity index (χ0v) is 9.81. The van der Waals surface area contributed by atoms with Crippen LogP contribution in [0.4, 0.5) is 0 Å². The molecular formula is C10H22N2O4. The van der Waals surface area contributed by atoms with E-state index in [0.717, 1.165) is 0 Å². The lowest BCUT2D eigenvalue weighted by molar-refractivity contribution is -0.125. The number of carbonyl (C=O) groups is 1. The second kappa shape index (κ2) is 10.8. The maximum Gasteiger partial charge on any atom is 0.246 e. The number of rotatable bonds is 10. The Morgan fingerprint density at radius 2 is 2.06 bits per heavy atom. The molecule has 0 saturated heterocycles. The summed E-state index contributed by atoms with van der Waals surface area (Å²) >= 11 is 0. The molecule has 0 radical (unpaired) electrons. The van der Waals surface area contributed by atoms with Gasteiger partial charge in [0.05, 0.1) is 6.61 Å². The zero-order chi connectivity index (χ0) is 12.2. The van der Waals surface area contributed by atoms with Gasteiger partial charge in [0.2, 0.25) is 5.91 Å². The van der Waals surface area contributed by atoms with Gasteiger partial charge in [0.1, 0.15) is 6.61 Å². The predicted octanol–water partition coefficient (Wildman–Crippen LogP) is -1.57. The molecule has 0 aliphatic heterocycles. The Morgan fingerprint density at radius 1 is 1.31 bits per heavy atom. The number of likely N-dealkylation sites (N-methyl/N-ethyl adjacent to an activating group) is 1. The third kappa shape index (κ3) is 9.85. The minimum Gasteiger partial charge on any atom is -0.396 e. The van der Waals surface area contributed by atoms with Crippen LogP contribution in [-0.2, 0) is 9.53 Å². The smallest absolute Gasteiger partial charge is 0.246 e. The summed E-state index contributed by atoms with van der Waals surface area (Å²) in [6.45, 7) is 2.46. The van der Waals surface area contributed by atoms with Gasteiger partial charge in [0, 0.05) is 32.8 Å². The number of nitrogens with zero attached hydrogens (tertiary/aromatic N) is 1. The predicted molar refractivity (Wildman–Crippen MR) is 60.1 cm³/mol. The van der Waals surface area contributed by atoms with E-state index in [2.05, 4.69) is 5.32 Å². The average Bonchev–Trinajstić information content (AvgIpc) is 2.25. The molecule has 0 bridgehead atoms. The molecule has 0 aromatic carbocycles. The highest BCUT2D eigenvalue weighted by Gasteiger charge is 2.01. The highest BCUT2D eigenvalue weighted by Crippen LogP contribution is 1.82. The van der Waals surface area contributed by atoms with Crippen LogP contribution >= 0.6 is 0 Å². The van der Waals surface area contributed by atoms with Gasteiger partial charge in [-0.3, -0.25) is 4.79 Å². The number of amides is 1. The van der Waals surface area contributed by atoms with Gasteiger partial charge in [-0.05, 0) is 13.5 Å². The minimum atomic E-state index is -0.157. The number of hydrogen-bond acceptors (Lipinski definition) is 5. The van der Waals surface area contributed by atoms with Gasteiger partial charge in [0.15, 0.2) is 0 Å². The standard InChI is InChI=1S/C10H22N2O4/c1-12(5-7-14)4-3-11-10(15)9-16-8-2-6-13/h13-14H,2-9H2,1H3,(H,11,15). The summed E-state index contributed by atoms with van der Waals surface area (Å²) in [5.74, 6) is -0.157. The fraction of sp³-hybridized carbons (Fsp3) is 0.900. The normalized spacial score (nSPS) is 10.8. The van der Waals surface area contributed by atoms with Crippen LogP contribution in [-0.4, -0.2) is 74.1 Å². The van der Waals surface area contributed by atoms with Crippen LogP contribution in [0.2, 0.25) is 0 Å². The van der Waals surface area contributed by atoms with Crippen LogP contribution in [0.15, 0.2) is 0 Å². The summed E-state index contributed by atoms with van der Waals surface area (Å²) in [7, 11) is 1.88. The van der Waals surface area contributed by atoms with E-state index in [-0.39, 0.29) is 25.7 Å². The molecular weight excluding hydrogens is 212 g/mol. The highest BCUT2D eigenvalue weighted by molar-refractivity contribution is 5.77. The Bertz CT molecular complexity index is 178. The third-order valence-corrected chi connectivity index (χ3v) is 1.98. The Hall–Kier alpha value is -0.690. The Kier molecular flexibility index (Phi) is 10.3. The molecule has 0 aromatic heterocycles. The maximum atomic E-state index is 11.2. The number of hydrogen-bond donors (Lipinski definition) is 3. The second-order valence-electron chi connectivity index (χ2n) is 3.51. The second-order valence-corrected chi connectivity index (χ2v) is 3.51. The molecule has 0 aliphatic rings. The lowest BCUT2D eigenvalue weighted by Crippen LogP contribution is -2.35. The fourth-order valence-corrected chi connectivity index (χ4v) is 1.05. The third-order valence-electron chi connectivity index (χ3n) is 1.98. The lowest BCUT2D eigenvalue weighted by atomic mass is 10.5. The van der Waals surface area contributed by atoms with Crippen LogP contribution < -0.4 is 5.32 Å². The molecule has 6 nitrogen and oxygen atoms in total. The van der Waals surface area contributed by atoms with E-state index in [0.29, 0.717) is 32.7 Å². The van der Waals surface area contributed by atoms with E-state index in [1.54, 1.807) is 0 Å². The van der Waals surface area contributed by atoms with Gasteiger partial charge in [0.25, 0.3) is 0 Å². The first-order chi connectivity index (χ1) is 7.70. The monoisotopic (exact) mass is 234 g/mol. The Morgan fingerprint density at radius 3 is 2.69 bits per heavy atom. The number of ether oxygens (including phenoxy) is 1. The molecule has 96 valence electrons. The van der Waals surface area contributed by atoms with Crippen molar-refractivity contribution in [1.82, 2.24) is 10.2 Å². The summed E-state index contributed by atoms with van der Waals surface area (Å²) in [5, 5.41) is 19.8. The molecule has 0 atom stereocenters. The van der Waals surface area contributed by atoms with E-state index in [9.17, 15) is 4.79 Å². The van der Waals surface area contributed by atoms with Crippen molar-refractivity contribution in [3.05, 3.63) is 0 Å². The van der Waals surface area contributed by atoms with E-state index < -0.39 is 0 Å². The van der Waals surface area contributed by atoms with Gasteiger partial charge in [-0.25, -0.2) is 0 Å². The molecule has 0 aromatic rings. The van der Waals surface area contributed by atoms with Crippen molar-refractivity contribution in [2.24, 2.45) is 0 Å². The van der Waals surface area contributed by atoms with Gasteiger partial charge in [-0.15, -0.1) is 0 Å². The van der Waals surface area contributed by atoms with Gasteiger partial charge in [-0.1, -0.05) is 0 Å². The van der Waals surface area contributed by atoms with Crippen LogP contribution in [0.1, 0.15) is 6.42 Å². The first-order valence-corrected chi connectivity index (χ1v) is 5.45. The fourth-order valence-electron chi connectivity index (χ4n) is 1.05. The highest BCUT2D eigenvalue weighted by atomic mass is 16.5. The number of carbonyl (C=O) groups excluding carboxylic acids is 1. The number of nitrogens with one attached hydrogen (secondary N) is 1. The van der Waals surface area contributed by atoms with Crippen molar-refractivity contribution in [1.29, 1.82) is 0 Å². The number of aliphatic hydroxyl groups excluding tert-OH is 2. The van der Waals surface area contributed by atoms with E-state index >= 15 is 0 Å². The molecule has 0 fully saturated rings. The molecule has 6 heteroatoms. The summed E-state index contributed by atoms with van der Waals surface area (Å²) in [4.78, 5) is 13.1. The Labute approximate surface area is 96.2 Å². The molecule has 0 heterocycles. The summed E-state index contributed by atoms with van der Waals surface area (Å²) in [6.07, 6.45) is 0.548. The van der Waals surface area contributed by atoms with Crippen LogP contribution in [0.25, 0.3) is 0 Å². The lowest BCUT2D eigenvalue weighted by Gasteiger charge is -2.15. The van der Waals surface area contributed by atoms with Gasteiger partial charge >= 0.3 is 0 Å². The molecule has 1 amide bonds. The molecule has 0 rings (SSSR count). The molecule has 0 saturated carbocycles. The zero-order valence-electron chi connectivity index (χ0n) is 9.81.